The van der Waals surface area contributed by atoms with Gasteiger partial charge in [0.15, 0.2) is 21.3 Å². The zero-order valence-corrected chi connectivity index (χ0v) is 19.1. The van der Waals surface area contributed by atoms with Gasteiger partial charge >= 0.3 is 0 Å². The number of fused-ring (bicyclic) bond motifs is 1. The Morgan fingerprint density at radius 1 is 1.00 bits per heavy atom. The lowest BCUT2D eigenvalue weighted by atomic mass is 10.0. The maximum absolute atomic E-state index is 13.1. The summed E-state index contributed by atoms with van der Waals surface area (Å²) in [6.45, 7) is 0.609. The van der Waals surface area contributed by atoms with Crippen LogP contribution in [0.4, 0.5) is 5.69 Å². The average molecular weight is 495 g/mol. The lowest BCUT2D eigenvalue weighted by molar-refractivity contribution is -0.123. The van der Waals surface area contributed by atoms with Crippen molar-refractivity contribution >= 4 is 37.4 Å². The summed E-state index contributed by atoms with van der Waals surface area (Å²) in [5, 5.41) is 0. The summed E-state index contributed by atoms with van der Waals surface area (Å²) in [6, 6.07) is 12.3. The molecule has 2 atom stereocenters. The molecule has 30 heavy (non-hydrogen) atoms. The van der Waals surface area contributed by atoms with E-state index < -0.39 is 15.9 Å². The van der Waals surface area contributed by atoms with Gasteiger partial charge in [0.05, 0.1) is 38.3 Å². The van der Waals surface area contributed by atoms with Gasteiger partial charge in [0.1, 0.15) is 0 Å². The molecule has 2 heterocycles. The molecule has 2 aliphatic heterocycles. The minimum atomic E-state index is -3.24. The van der Waals surface area contributed by atoms with Crippen LogP contribution in [0.2, 0.25) is 0 Å². The van der Waals surface area contributed by atoms with Gasteiger partial charge in [0, 0.05) is 22.7 Å². The molecule has 0 spiro atoms. The van der Waals surface area contributed by atoms with Gasteiger partial charge in [-0.1, -0.05) is 22.0 Å². The third-order valence-corrected chi connectivity index (χ3v) is 7.87. The molecule has 4 rings (SSSR count). The van der Waals surface area contributed by atoms with Crippen molar-refractivity contribution in [1.29, 1.82) is 0 Å². The number of sulfone groups is 1. The number of hydrogen-bond donors (Lipinski definition) is 0. The molecule has 0 saturated carbocycles. The number of amides is 1. The zero-order valence-electron chi connectivity index (χ0n) is 16.7. The molecule has 0 radical (unpaired) electrons. The monoisotopic (exact) mass is 494 g/mol. The van der Waals surface area contributed by atoms with E-state index in [-0.39, 0.29) is 30.0 Å². The fraction of sp³-hybridized carbons (Fsp3) is 0.381. The number of rotatable bonds is 5. The van der Waals surface area contributed by atoms with Gasteiger partial charge < -0.3 is 14.4 Å². The SMILES string of the molecule is COc1ccc(CN2CC(=O)N(c3ccc(Br)cc3)[C@H]3CS(=O)(=O)C[C@H]32)cc1OC. The van der Waals surface area contributed by atoms with E-state index in [9.17, 15) is 13.2 Å². The summed E-state index contributed by atoms with van der Waals surface area (Å²) in [5.74, 6) is 1.15. The molecule has 9 heteroatoms. The van der Waals surface area contributed by atoms with Crippen LogP contribution in [0.3, 0.4) is 0 Å². The molecule has 0 unspecified atom stereocenters. The Bertz CT molecular complexity index is 1060. The number of carbonyl (C=O) groups excluding carboxylic acids is 1. The second-order valence-corrected chi connectivity index (χ2v) is 10.6. The van der Waals surface area contributed by atoms with Crippen LogP contribution in [-0.2, 0) is 21.2 Å². The number of carbonyl (C=O) groups is 1. The Morgan fingerprint density at radius 3 is 2.33 bits per heavy atom. The smallest absolute Gasteiger partial charge is 0.241 e. The first-order valence-corrected chi connectivity index (χ1v) is 12.2. The summed E-state index contributed by atoms with van der Waals surface area (Å²) in [5.41, 5.74) is 1.65. The second kappa shape index (κ2) is 8.20. The van der Waals surface area contributed by atoms with Crippen LogP contribution in [0.25, 0.3) is 0 Å². The van der Waals surface area contributed by atoms with Crippen LogP contribution < -0.4 is 14.4 Å². The third-order valence-electron chi connectivity index (χ3n) is 5.64. The Morgan fingerprint density at radius 2 is 1.67 bits per heavy atom. The predicted molar refractivity (Wildman–Crippen MR) is 118 cm³/mol. The molecule has 160 valence electrons. The van der Waals surface area contributed by atoms with Crippen molar-refractivity contribution in [3.8, 4) is 11.5 Å². The van der Waals surface area contributed by atoms with E-state index in [2.05, 4.69) is 15.9 Å². The summed E-state index contributed by atoms with van der Waals surface area (Å²) >= 11 is 3.40. The Hall–Kier alpha value is -2.10. The number of benzene rings is 2. The summed E-state index contributed by atoms with van der Waals surface area (Å²) < 4.78 is 36.6. The average Bonchev–Trinajstić information content (AvgIpc) is 3.04. The number of ether oxygens (including phenoxy) is 2. The van der Waals surface area contributed by atoms with Crippen molar-refractivity contribution in [2.24, 2.45) is 0 Å². The van der Waals surface area contributed by atoms with Gasteiger partial charge in [-0.25, -0.2) is 8.42 Å². The highest BCUT2D eigenvalue weighted by Crippen LogP contribution is 2.34. The molecular weight excluding hydrogens is 472 g/mol. The maximum atomic E-state index is 13.1. The van der Waals surface area contributed by atoms with Gasteiger partial charge in [0.2, 0.25) is 5.91 Å². The van der Waals surface area contributed by atoms with E-state index in [0.717, 1.165) is 15.7 Å². The molecular formula is C21H23BrN2O5S. The highest BCUT2D eigenvalue weighted by Gasteiger charge is 2.49. The van der Waals surface area contributed by atoms with Gasteiger partial charge in [-0.2, -0.15) is 0 Å². The molecule has 0 aliphatic carbocycles. The molecule has 0 N–H and O–H groups in total. The fourth-order valence-corrected chi connectivity index (χ4v) is 6.53. The van der Waals surface area contributed by atoms with E-state index in [0.29, 0.717) is 18.0 Å². The van der Waals surface area contributed by atoms with Crippen LogP contribution >= 0.6 is 15.9 Å². The third kappa shape index (κ3) is 4.06. The zero-order chi connectivity index (χ0) is 21.5. The largest absolute Gasteiger partial charge is 0.493 e. The van der Waals surface area contributed by atoms with Crippen LogP contribution in [0, 0.1) is 0 Å². The van der Waals surface area contributed by atoms with Crippen molar-refractivity contribution in [2.75, 3.05) is 37.2 Å². The summed E-state index contributed by atoms with van der Waals surface area (Å²) in [4.78, 5) is 16.7. The summed E-state index contributed by atoms with van der Waals surface area (Å²) in [7, 11) is -0.0935. The van der Waals surface area contributed by atoms with Gasteiger partial charge in [-0.15, -0.1) is 0 Å². The number of halogens is 1. The highest BCUT2D eigenvalue weighted by atomic mass is 79.9. The van der Waals surface area contributed by atoms with Gasteiger partial charge in [0.25, 0.3) is 0 Å². The van der Waals surface area contributed by atoms with Crippen molar-refractivity contribution in [1.82, 2.24) is 4.90 Å². The lowest BCUT2D eigenvalue weighted by Crippen LogP contribution is -2.61. The fourth-order valence-electron chi connectivity index (χ4n) is 4.28. The molecule has 0 bridgehead atoms. The Kier molecular flexibility index (Phi) is 5.78. The maximum Gasteiger partial charge on any atom is 0.241 e. The van der Waals surface area contributed by atoms with Crippen LogP contribution in [0.1, 0.15) is 5.56 Å². The number of piperazine rings is 1. The van der Waals surface area contributed by atoms with E-state index in [4.69, 9.17) is 9.47 Å². The topological polar surface area (TPSA) is 76.2 Å². The second-order valence-electron chi connectivity index (χ2n) is 7.55. The van der Waals surface area contributed by atoms with Crippen molar-refractivity contribution in [3.63, 3.8) is 0 Å². The first-order valence-electron chi connectivity index (χ1n) is 9.54. The van der Waals surface area contributed by atoms with Crippen LogP contribution in [0.15, 0.2) is 46.9 Å². The van der Waals surface area contributed by atoms with E-state index >= 15 is 0 Å². The lowest BCUT2D eigenvalue weighted by Gasteiger charge is -2.43. The van der Waals surface area contributed by atoms with Gasteiger partial charge in [-0.05, 0) is 42.0 Å². The Labute approximate surface area is 184 Å². The molecule has 1 amide bonds. The molecule has 2 aromatic carbocycles. The molecule has 2 aromatic rings. The van der Waals surface area contributed by atoms with Crippen molar-refractivity contribution in [2.45, 2.75) is 18.6 Å². The van der Waals surface area contributed by atoms with E-state index in [1.54, 1.807) is 19.1 Å². The molecule has 0 aromatic heterocycles. The van der Waals surface area contributed by atoms with Crippen molar-refractivity contribution in [3.05, 3.63) is 52.5 Å². The molecule has 2 fully saturated rings. The quantitative estimate of drug-likeness (QED) is 0.635. The molecule has 7 nitrogen and oxygen atoms in total. The first-order chi connectivity index (χ1) is 14.3. The number of methoxy groups -OCH3 is 2. The molecule has 2 aliphatic rings. The Balaban J connectivity index is 1.64. The van der Waals surface area contributed by atoms with E-state index in [1.165, 1.54) is 0 Å². The number of hydrogen-bond acceptors (Lipinski definition) is 6. The van der Waals surface area contributed by atoms with Gasteiger partial charge in [-0.3, -0.25) is 9.69 Å². The number of anilines is 1. The highest BCUT2D eigenvalue weighted by molar-refractivity contribution is 9.10. The minimum Gasteiger partial charge on any atom is -0.493 e. The van der Waals surface area contributed by atoms with Crippen LogP contribution in [-0.4, -0.2) is 63.6 Å². The van der Waals surface area contributed by atoms with Crippen molar-refractivity contribution < 1.29 is 22.7 Å². The normalized spacial score (nSPS) is 23.3. The molecule has 2 saturated heterocycles. The van der Waals surface area contributed by atoms with Crippen LogP contribution in [0.5, 0.6) is 11.5 Å². The number of nitrogens with zero attached hydrogens (tertiary/aromatic N) is 2. The van der Waals surface area contributed by atoms with E-state index in [1.807, 2.05) is 47.4 Å². The predicted octanol–water partition coefficient (Wildman–Crippen LogP) is 2.48. The summed E-state index contributed by atoms with van der Waals surface area (Å²) in [6.07, 6.45) is 0. The standard InChI is InChI=1S/C21H23BrN2O5S/c1-28-19-8-3-14(9-20(19)29-2)10-23-11-21(25)24(16-6-4-15(22)5-7-16)18-13-30(26,27)12-17(18)23/h3-9,17-18H,10-13H2,1-2H3/t17-,18+/m1/s1. The first kappa shape index (κ1) is 21.1. The minimum absolute atomic E-state index is 0.0259.